The maximum Gasteiger partial charge on any atom is 0.416 e. The van der Waals surface area contributed by atoms with Gasteiger partial charge >= 0.3 is 6.18 Å². The monoisotopic (exact) mass is 488 g/mol. The van der Waals surface area contributed by atoms with E-state index in [-0.39, 0.29) is 17.7 Å². The molecule has 0 unspecified atom stereocenters. The van der Waals surface area contributed by atoms with Crippen LogP contribution in [0.3, 0.4) is 0 Å². The fourth-order valence-electron chi connectivity index (χ4n) is 4.93. The molecule has 2 aliphatic rings. The fourth-order valence-corrected chi connectivity index (χ4v) is 4.93. The van der Waals surface area contributed by atoms with E-state index in [0.29, 0.717) is 43.9 Å². The molecule has 0 aliphatic carbocycles. The fraction of sp³-hybridized carbons (Fsp3) is 0.500. The van der Waals surface area contributed by atoms with E-state index < -0.39 is 11.7 Å². The lowest BCUT2D eigenvalue weighted by Gasteiger charge is -2.35. The molecule has 2 saturated heterocycles. The smallest absolute Gasteiger partial charge is 0.339 e. The van der Waals surface area contributed by atoms with Crippen LogP contribution in [-0.4, -0.2) is 70.8 Å². The molecule has 2 aromatic rings. The van der Waals surface area contributed by atoms with E-state index in [2.05, 4.69) is 4.90 Å². The summed E-state index contributed by atoms with van der Waals surface area (Å²) in [5, 5.41) is 0. The van der Waals surface area contributed by atoms with Gasteiger partial charge in [-0.2, -0.15) is 13.2 Å². The number of hydrogen-bond donors (Lipinski definition) is 0. The Labute approximate surface area is 203 Å². The van der Waals surface area contributed by atoms with Gasteiger partial charge in [0, 0.05) is 51.3 Å². The van der Waals surface area contributed by atoms with Crippen molar-refractivity contribution >= 4 is 11.8 Å². The van der Waals surface area contributed by atoms with Crippen molar-refractivity contribution in [1.82, 2.24) is 19.7 Å². The van der Waals surface area contributed by atoms with Crippen molar-refractivity contribution in [2.45, 2.75) is 45.3 Å². The summed E-state index contributed by atoms with van der Waals surface area (Å²) in [5.41, 5.74) is 2.30. The Morgan fingerprint density at radius 1 is 0.971 bits per heavy atom. The Kier molecular flexibility index (Phi) is 7.44. The van der Waals surface area contributed by atoms with Crippen LogP contribution in [-0.2, 0) is 17.5 Å². The molecule has 0 spiro atoms. The standard InChI is InChI=1S/C26H31F3N4O2/c1-18-6-7-23(25(35)33-14-12-32(13-15-33)19(2)34)24(30-18)21-8-10-31(11-9-21)17-20-4-3-5-22(16-20)26(27,28)29/h3-7,16,21H,8-15,17H2,1-2H3. The number of carbonyl (C=O) groups is 2. The van der Waals surface area contributed by atoms with Crippen LogP contribution >= 0.6 is 0 Å². The van der Waals surface area contributed by atoms with Crippen molar-refractivity contribution in [1.29, 1.82) is 0 Å². The number of aryl methyl sites for hydroxylation is 1. The average molecular weight is 489 g/mol. The van der Waals surface area contributed by atoms with Crippen molar-refractivity contribution in [3.8, 4) is 0 Å². The quantitative estimate of drug-likeness (QED) is 0.651. The van der Waals surface area contributed by atoms with Gasteiger partial charge < -0.3 is 9.80 Å². The third-order valence-corrected chi connectivity index (χ3v) is 6.94. The second-order valence-electron chi connectivity index (χ2n) is 9.43. The Bertz CT molecular complexity index is 1070. The zero-order chi connectivity index (χ0) is 25.2. The summed E-state index contributed by atoms with van der Waals surface area (Å²) in [4.78, 5) is 35.4. The van der Waals surface area contributed by atoms with E-state index in [0.717, 1.165) is 43.4 Å². The molecule has 0 N–H and O–H groups in total. The molecule has 2 fully saturated rings. The van der Waals surface area contributed by atoms with Gasteiger partial charge in [-0.05, 0) is 56.6 Å². The first-order valence-electron chi connectivity index (χ1n) is 12.0. The minimum absolute atomic E-state index is 0.0201. The molecule has 0 bridgehead atoms. The van der Waals surface area contributed by atoms with Crippen LogP contribution in [0.15, 0.2) is 36.4 Å². The van der Waals surface area contributed by atoms with Crippen LogP contribution in [0.5, 0.6) is 0 Å². The van der Waals surface area contributed by atoms with Gasteiger partial charge in [0.25, 0.3) is 5.91 Å². The van der Waals surface area contributed by atoms with Crippen LogP contribution in [0.4, 0.5) is 13.2 Å². The maximum atomic E-state index is 13.3. The second kappa shape index (κ2) is 10.4. The Balaban J connectivity index is 1.41. The first-order valence-corrected chi connectivity index (χ1v) is 12.0. The maximum absolute atomic E-state index is 13.3. The first-order chi connectivity index (χ1) is 16.6. The lowest BCUT2D eigenvalue weighted by molar-refractivity contribution is -0.137. The van der Waals surface area contributed by atoms with Crippen molar-refractivity contribution in [3.05, 3.63) is 64.5 Å². The summed E-state index contributed by atoms with van der Waals surface area (Å²) in [6, 6.07) is 9.20. The molecule has 4 rings (SSSR count). The zero-order valence-corrected chi connectivity index (χ0v) is 20.1. The van der Waals surface area contributed by atoms with Gasteiger partial charge in [-0.25, -0.2) is 0 Å². The van der Waals surface area contributed by atoms with Gasteiger partial charge in [-0.15, -0.1) is 0 Å². The normalized spacial score (nSPS) is 18.1. The van der Waals surface area contributed by atoms with Crippen molar-refractivity contribution < 1.29 is 22.8 Å². The van der Waals surface area contributed by atoms with E-state index in [9.17, 15) is 22.8 Å². The molecule has 35 heavy (non-hydrogen) atoms. The number of amides is 2. The number of nitrogens with zero attached hydrogens (tertiary/aromatic N) is 4. The van der Waals surface area contributed by atoms with Crippen LogP contribution < -0.4 is 0 Å². The van der Waals surface area contributed by atoms with Crippen molar-refractivity contribution in [3.63, 3.8) is 0 Å². The summed E-state index contributed by atoms with van der Waals surface area (Å²) in [6.07, 6.45) is -2.77. The number of piperazine rings is 1. The molecule has 3 heterocycles. The van der Waals surface area contributed by atoms with Crippen molar-refractivity contribution in [2.75, 3.05) is 39.3 Å². The Morgan fingerprint density at radius 3 is 2.26 bits per heavy atom. The lowest BCUT2D eigenvalue weighted by Crippen LogP contribution is -2.50. The highest BCUT2D eigenvalue weighted by Gasteiger charge is 2.32. The third-order valence-electron chi connectivity index (χ3n) is 6.94. The molecule has 6 nitrogen and oxygen atoms in total. The molecular formula is C26H31F3N4O2. The summed E-state index contributed by atoms with van der Waals surface area (Å²) in [6.45, 7) is 7.42. The molecular weight excluding hydrogens is 457 g/mol. The number of halogens is 3. The number of alkyl halides is 3. The van der Waals surface area contributed by atoms with E-state index in [1.165, 1.54) is 12.1 Å². The van der Waals surface area contributed by atoms with Gasteiger partial charge in [0.05, 0.1) is 16.8 Å². The highest BCUT2D eigenvalue weighted by molar-refractivity contribution is 5.95. The third kappa shape index (κ3) is 6.01. The number of rotatable bonds is 4. The average Bonchev–Trinajstić information content (AvgIpc) is 2.84. The summed E-state index contributed by atoms with van der Waals surface area (Å²) < 4.78 is 39.1. The summed E-state index contributed by atoms with van der Waals surface area (Å²) >= 11 is 0. The summed E-state index contributed by atoms with van der Waals surface area (Å²) in [5.74, 6) is 0.0823. The Morgan fingerprint density at radius 2 is 1.63 bits per heavy atom. The number of benzene rings is 1. The first kappa shape index (κ1) is 25.2. The van der Waals surface area contributed by atoms with E-state index in [1.807, 2.05) is 19.1 Å². The predicted octanol–water partition coefficient (Wildman–Crippen LogP) is 4.09. The molecule has 2 amide bonds. The number of carbonyl (C=O) groups excluding carboxylic acids is 2. The summed E-state index contributed by atoms with van der Waals surface area (Å²) in [7, 11) is 0. The van der Waals surface area contributed by atoms with Gasteiger partial charge in [0.1, 0.15) is 0 Å². The number of likely N-dealkylation sites (tertiary alicyclic amines) is 1. The molecule has 1 aromatic heterocycles. The van der Waals surface area contributed by atoms with Crippen molar-refractivity contribution in [2.24, 2.45) is 0 Å². The van der Waals surface area contributed by atoms with Gasteiger partial charge in [0.2, 0.25) is 5.91 Å². The molecule has 9 heteroatoms. The van der Waals surface area contributed by atoms with Crippen LogP contribution in [0.25, 0.3) is 0 Å². The molecule has 0 radical (unpaired) electrons. The molecule has 0 saturated carbocycles. The minimum Gasteiger partial charge on any atom is -0.339 e. The van der Waals surface area contributed by atoms with Crippen LogP contribution in [0.2, 0.25) is 0 Å². The van der Waals surface area contributed by atoms with E-state index in [4.69, 9.17) is 4.98 Å². The number of piperidine rings is 1. The van der Waals surface area contributed by atoms with E-state index in [1.54, 1.807) is 22.8 Å². The largest absolute Gasteiger partial charge is 0.416 e. The highest BCUT2D eigenvalue weighted by atomic mass is 19.4. The number of aromatic nitrogens is 1. The van der Waals surface area contributed by atoms with Gasteiger partial charge in [-0.3, -0.25) is 19.5 Å². The Hall–Kier alpha value is -2.94. The number of hydrogen-bond acceptors (Lipinski definition) is 4. The van der Waals surface area contributed by atoms with Crippen LogP contribution in [0, 0.1) is 6.92 Å². The lowest BCUT2D eigenvalue weighted by atomic mass is 9.89. The minimum atomic E-state index is -4.35. The highest BCUT2D eigenvalue weighted by Crippen LogP contribution is 2.32. The van der Waals surface area contributed by atoms with Gasteiger partial charge in [-0.1, -0.05) is 18.2 Å². The SMILES string of the molecule is CC(=O)N1CCN(C(=O)c2ccc(C)nc2C2CCN(Cc3cccc(C(F)(F)F)c3)CC2)CC1. The molecule has 1 aromatic carbocycles. The molecule has 2 aliphatic heterocycles. The number of pyridine rings is 1. The van der Waals surface area contributed by atoms with E-state index >= 15 is 0 Å². The topological polar surface area (TPSA) is 56.8 Å². The van der Waals surface area contributed by atoms with Crippen LogP contribution in [0.1, 0.15) is 58.6 Å². The second-order valence-corrected chi connectivity index (χ2v) is 9.43. The van der Waals surface area contributed by atoms with Gasteiger partial charge in [0.15, 0.2) is 0 Å². The molecule has 188 valence electrons. The molecule has 0 atom stereocenters. The predicted molar refractivity (Wildman–Crippen MR) is 126 cm³/mol. The zero-order valence-electron chi connectivity index (χ0n) is 20.1.